The van der Waals surface area contributed by atoms with Crippen LogP contribution in [0, 0.1) is 0 Å². The molecule has 0 atom stereocenters. The van der Waals surface area contributed by atoms with Crippen LogP contribution in [0.5, 0.6) is 0 Å². The van der Waals surface area contributed by atoms with Crippen LogP contribution in [-0.2, 0) is 0 Å². The van der Waals surface area contributed by atoms with Crippen LogP contribution in [0.2, 0.25) is 0 Å². The van der Waals surface area contributed by atoms with Crippen LogP contribution < -0.4 is 4.90 Å². The predicted octanol–water partition coefficient (Wildman–Crippen LogP) is 2.36. The summed E-state index contributed by atoms with van der Waals surface area (Å²) in [6.45, 7) is 0. The van der Waals surface area contributed by atoms with Crippen molar-refractivity contribution in [1.82, 2.24) is 0 Å². The average Bonchev–Trinajstić information content (AvgIpc) is 2.04. The van der Waals surface area contributed by atoms with E-state index in [9.17, 15) is 0 Å². The van der Waals surface area contributed by atoms with E-state index in [0.29, 0.717) is 4.20 Å². The molecule has 1 rings (SSSR count). The second kappa shape index (κ2) is 3.92. The molecular formula is C9H11NS2. The molecule has 0 saturated carbocycles. The minimum Gasteiger partial charge on any atom is -0.378 e. The number of thiocarbonyl (C=S) groups is 1. The first-order valence-electron chi connectivity index (χ1n) is 3.62. The smallest absolute Gasteiger partial charge is 0.0747 e. The van der Waals surface area contributed by atoms with E-state index in [-0.39, 0.29) is 0 Å². The molecule has 1 aromatic rings. The van der Waals surface area contributed by atoms with E-state index >= 15 is 0 Å². The van der Waals surface area contributed by atoms with Gasteiger partial charge < -0.3 is 4.90 Å². The van der Waals surface area contributed by atoms with E-state index in [1.54, 1.807) is 0 Å². The lowest BCUT2D eigenvalue weighted by Crippen LogP contribution is -2.08. The van der Waals surface area contributed by atoms with E-state index in [1.165, 1.54) is 5.69 Å². The summed E-state index contributed by atoms with van der Waals surface area (Å²) in [4.78, 5) is 2.05. The maximum absolute atomic E-state index is 4.92. The van der Waals surface area contributed by atoms with Crippen molar-refractivity contribution in [2.24, 2.45) is 0 Å². The second-order valence-corrected chi connectivity index (χ2v) is 3.90. The first-order chi connectivity index (χ1) is 5.61. The van der Waals surface area contributed by atoms with Gasteiger partial charge in [-0.25, -0.2) is 0 Å². The molecule has 0 aliphatic carbocycles. The normalized spacial score (nSPS) is 9.58. The van der Waals surface area contributed by atoms with E-state index in [0.717, 1.165) is 5.56 Å². The Morgan fingerprint density at radius 2 is 1.75 bits per heavy atom. The van der Waals surface area contributed by atoms with Gasteiger partial charge in [-0.2, -0.15) is 0 Å². The van der Waals surface area contributed by atoms with E-state index in [1.807, 2.05) is 43.3 Å². The molecular weight excluding hydrogens is 186 g/mol. The molecule has 0 aliphatic rings. The van der Waals surface area contributed by atoms with Gasteiger partial charge in [0.1, 0.15) is 0 Å². The molecule has 12 heavy (non-hydrogen) atoms. The second-order valence-electron chi connectivity index (χ2n) is 2.75. The molecule has 0 radical (unpaired) electrons. The van der Waals surface area contributed by atoms with Crippen LogP contribution in [0.4, 0.5) is 5.69 Å². The molecule has 1 aromatic carbocycles. The lowest BCUT2D eigenvalue weighted by molar-refractivity contribution is 1.13. The topological polar surface area (TPSA) is 3.24 Å². The summed E-state index contributed by atoms with van der Waals surface area (Å²) >= 11 is 9.01. The molecule has 0 bridgehead atoms. The zero-order valence-corrected chi connectivity index (χ0v) is 8.82. The van der Waals surface area contributed by atoms with Crippen molar-refractivity contribution in [3.8, 4) is 0 Å². The highest BCUT2D eigenvalue weighted by Crippen LogP contribution is 2.13. The number of hydrogen-bond donors (Lipinski definition) is 1. The number of hydrogen-bond acceptors (Lipinski definition) is 2. The van der Waals surface area contributed by atoms with Gasteiger partial charge in [-0.3, -0.25) is 0 Å². The molecule has 0 amide bonds. The minimum atomic E-state index is 0.639. The lowest BCUT2D eigenvalue weighted by atomic mass is 10.2. The third kappa shape index (κ3) is 2.22. The van der Waals surface area contributed by atoms with Gasteiger partial charge in [0.2, 0.25) is 0 Å². The van der Waals surface area contributed by atoms with Crippen molar-refractivity contribution in [3.05, 3.63) is 29.8 Å². The summed E-state index contributed by atoms with van der Waals surface area (Å²) in [5, 5.41) is 0. The van der Waals surface area contributed by atoms with Gasteiger partial charge in [-0.15, -0.1) is 12.6 Å². The number of anilines is 1. The van der Waals surface area contributed by atoms with Gasteiger partial charge in [0.15, 0.2) is 0 Å². The third-order valence-corrected chi connectivity index (χ3v) is 2.12. The first-order valence-corrected chi connectivity index (χ1v) is 4.47. The Balaban J connectivity index is 2.93. The number of thiol groups is 1. The van der Waals surface area contributed by atoms with Gasteiger partial charge in [-0.1, -0.05) is 24.4 Å². The minimum absolute atomic E-state index is 0.639. The summed E-state index contributed by atoms with van der Waals surface area (Å²) < 4.78 is 0.639. The molecule has 0 fully saturated rings. The predicted molar refractivity (Wildman–Crippen MR) is 61.5 cm³/mol. The summed E-state index contributed by atoms with van der Waals surface area (Å²) in [6.07, 6.45) is 0. The molecule has 0 aromatic heterocycles. The third-order valence-electron chi connectivity index (χ3n) is 1.63. The zero-order valence-electron chi connectivity index (χ0n) is 7.11. The fourth-order valence-electron chi connectivity index (χ4n) is 0.902. The van der Waals surface area contributed by atoms with Crippen LogP contribution in [0.25, 0.3) is 0 Å². The van der Waals surface area contributed by atoms with Crippen molar-refractivity contribution in [2.45, 2.75) is 0 Å². The fourth-order valence-corrected chi connectivity index (χ4v) is 1.19. The Hall–Kier alpha value is -0.540. The molecule has 0 N–H and O–H groups in total. The summed E-state index contributed by atoms with van der Waals surface area (Å²) in [5.74, 6) is 0. The Bertz CT molecular complexity index is 277. The van der Waals surface area contributed by atoms with Gasteiger partial charge in [-0.05, 0) is 17.7 Å². The Kier molecular flexibility index (Phi) is 3.12. The monoisotopic (exact) mass is 197 g/mol. The molecule has 0 aliphatic heterocycles. The van der Waals surface area contributed by atoms with Crippen LogP contribution in [0.1, 0.15) is 5.56 Å². The number of benzene rings is 1. The van der Waals surface area contributed by atoms with Crippen molar-refractivity contribution < 1.29 is 0 Å². The molecule has 3 heteroatoms. The maximum atomic E-state index is 4.92. The molecule has 0 spiro atoms. The molecule has 0 heterocycles. The SMILES string of the molecule is CN(C)c1ccc(C(=S)S)cc1. The highest BCUT2D eigenvalue weighted by molar-refractivity contribution is 8.11. The highest BCUT2D eigenvalue weighted by atomic mass is 32.1. The van der Waals surface area contributed by atoms with Gasteiger partial charge in [0.05, 0.1) is 4.20 Å². The average molecular weight is 197 g/mol. The number of rotatable bonds is 2. The van der Waals surface area contributed by atoms with Gasteiger partial charge in [0, 0.05) is 19.8 Å². The number of nitrogens with zero attached hydrogens (tertiary/aromatic N) is 1. The lowest BCUT2D eigenvalue weighted by Gasteiger charge is -2.12. The summed E-state index contributed by atoms with van der Waals surface area (Å²) in [5.41, 5.74) is 2.17. The van der Waals surface area contributed by atoms with Crippen LogP contribution >= 0.6 is 24.8 Å². The summed E-state index contributed by atoms with van der Waals surface area (Å²) in [7, 11) is 4.02. The standard InChI is InChI=1S/C9H11NS2/c1-10(2)8-5-3-7(4-6-8)9(11)12/h3-6H,1-2H3,(H,11,12). The van der Waals surface area contributed by atoms with Crippen LogP contribution in [0.3, 0.4) is 0 Å². The van der Waals surface area contributed by atoms with Crippen molar-refractivity contribution in [3.63, 3.8) is 0 Å². The molecule has 64 valence electrons. The van der Waals surface area contributed by atoms with Gasteiger partial charge in [0.25, 0.3) is 0 Å². The first kappa shape index (κ1) is 9.55. The maximum Gasteiger partial charge on any atom is 0.0747 e. The molecule has 0 unspecified atom stereocenters. The van der Waals surface area contributed by atoms with Crippen molar-refractivity contribution >= 4 is 34.7 Å². The Morgan fingerprint density at radius 1 is 1.25 bits per heavy atom. The highest BCUT2D eigenvalue weighted by Gasteiger charge is 1.96. The van der Waals surface area contributed by atoms with Gasteiger partial charge >= 0.3 is 0 Å². The van der Waals surface area contributed by atoms with Crippen molar-refractivity contribution in [1.29, 1.82) is 0 Å². The molecule has 0 saturated heterocycles. The van der Waals surface area contributed by atoms with Crippen LogP contribution in [-0.4, -0.2) is 18.3 Å². The molecule has 1 nitrogen and oxygen atoms in total. The largest absolute Gasteiger partial charge is 0.378 e. The summed E-state index contributed by atoms with van der Waals surface area (Å²) in [6, 6.07) is 8.01. The van der Waals surface area contributed by atoms with E-state index in [2.05, 4.69) is 12.6 Å². The Labute approximate surface area is 83.8 Å². The Morgan fingerprint density at radius 3 is 2.08 bits per heavy atom. The van der Waals surface area contributed by atoms with E-state index in [4.69, 9.17) is 12.2 Å². The fraction of sp³-hybridized carbons (Fsp3) is 0.222. The van der Waals surface area contributed by atoms with Crippen LogP contribution in [0.15, 0.2) is 24.3 Å². The van der Waals surface area contributed by atoms with Crippen molar-refractivity contribution in [2.75, 3.05) is 19.0 Å². The van der Waals surface area contributed by atoms with E-state index < -0.39 is 0 Å². The quantitative estimate of drug-likeness (QED) is 0.573. The zero-order chi connectivity index (χ0) is 9.14.